The van der Waals surface area contributed by atoms with Crippen LogP contribution in [0, 0.1) is 11.6 Å². The second kappa shape index (κ2) is 17.5. The van der Waals surface area contributed by atoms with Crippen molar-refractivity contribution in [3.8, 4) is 11.3 Å². The van der Waals surface area contributed by atoms with Gasteiger partial charge in [-0.1, -0.05) is 50.8 Å². The van der Waals surface area contributed by atoms with Crippen LogP contribution < -0.4 is 10.6 Å². The third-order valence-electron chi connectivity index (χ3n) is 6.79. The van der Waals surface area contributed by atoms with Crippen molar-refractivity contribution in [2.75, 3.05) is 6.54 Å². The molecule has 0 unspecified atom stereocenters. The highest BCUT2D eigenvalue weighted by Gasteiger charge is 2.26. The predicted octanol–water partition coefficient (Wildman–Crippen LogP) is 6.80. The summed E-state index contributed by atoms with van der Waals surface area (Å²) in [5, 5.41) is 5.69. The number of imidazole rings is 1. The molecule has 2 heterocycles. The van der Waals surface area contributed by atoms with E-state index in [2.05, 4.69) is 52.2 Å². The number of carbonyl (C=O) groups excluding carboxylic acids is 2. The van der Waals surface area contributed by atoms with Crippen molar-refractivity contribution in [3.63, 3.8) is 0 Å². The third-order valence-corrected chi connectivity index (χ3v) is 6.79. The number of hydrogen-bond acceptors (Lipinski definition) is 4. The first-order valence-corrected chi connectivity index (χ1v) is 14.3. The Morgan fingerprint density at radius 3 is 2.52 bits per heavy atom. The number of carbonyl (C=O) groups is 2. The van der Waals surface area contributed by atoms with Crippen molar-refractivity contribution in [1.29, 1.82) is 0 Å². The lowest BCUT2D eigenvalue weighted by molar-refractivity contribution is -0.128. The van der Waals surface area contributed by atoms with Crippen molar-refractivity contribution >= 4 is 11.8 Å². The number of likely N-dealkylation sites (tertiary alicyclic amines) is 1. The molecule has 0 aliphatic carbocycles. The minimum atomic E-state index is -0.822. The molecule has 1 aromatic heterocycles. The monoisotopic (exact) mass is 583 g/mol. The minimum Gasteiger partial charge on any atom is -0.373 e. The number of amides is 2. The van der Waals surface area contributed by atoms with Crippen LogP contribution in [0.15, 0.2) is 80.2 Å². The van der Waals surface area contributed by atoms with Gasteiger partial charge in [-0.05, 0) is 43.9 Å². The lowest BCUT2D eigenvalue weighted by atomic mass is 10.0. The molecule has 3 N–H and O–H groups in total. The fourth-order valence-corrected chi connectivity index (χ4v) is 4.75. The van der Waals surface area contributed by atoms with Crippen LogP contribution in [0.4, 0.5) is 8.78 Å². The quantitative estimate of drug-likeness (QED) is 0.229. The van der Waals surface area contributed by atoms with Gasteiger partial charge in [0.1, 0.15) is 23.5 Å². The highest BCUT2D eigenvalue weighted by molar-refractivity contribution is 5.88. The van der Waals surface area contributed by atoms with E-state index in [-0.39, 0.29) is 39.6 Å². The highest BCUT2D eigenvalue weighted by Crippen LogP contribution is 2.24. The largest absolute Gasteiger partial charge is 0.373 e. The van der Waals surface area contributed by atoms with Gasteiger partial charge >= 0.3 is 0 Å². The van der Waals surface area contributed by atoms with Crippen molar-refractivity contribution in [3.05, 3.63) is 103 Å². The highest BCUT2D eigenvalue weighted by atomic mass is 19.1. The molecule has 0 saturated carbocycles. The van der Waals surface area contributed by atoms with Gasteiger partial charge in [0.25, 0.3) is 0 Å². The van der Waals surface area contributed by atoms with Crippen molar-refractivity contribution in [2.45, 2.75) is 71.5 Å². The van der Waals surface area contributed by atoms with Crippen molar-refractivity contribution in [1.82, 2.24) is 25.5 Å². The van der Waals surface area contributed by atoms with Gasteiger partial charge in [-0.25, -0.2) is 13.8 Å². The number of benzene rings is 2. The average Bonchev–Trinajstić information content (AvgIpc) is 3.47. The molecule has 7 nitrogen and oxygen atoms in total. The Morgan fingerprint density at radius 1 is 1.14 bits per heavy atom. The first-order chi connectivity index (χ1) is 20.3. The van der Waals surface area contributed by atoms with Gasteiger partial charge in [0.2, 0.25) is 11.8 Å². The summed E-state index contributed by atoms with van der Waals surface area (Å²) in [6.45, 7) is 17.3. The fourth-order valence-electron chi connectivity index (χ4n) is 4.75. The summed E-state index contributed by atoms with van der Waals surface area (Å²) < 4.78 is 27.4. The maximum absolute atomic E-state index is 14.1. The zero-order valence-electron chi connectivity index (χ0n) is 24.9. The molecule has 1 saturated heterocycles. The summed E-state index contributed by atoms with van der Waals surface area (Å²) in [5.74, 6) is -1.61. The molecule has 0 spiro atoms. The number of nitrogens with one attached hydrogen (secondary N) is 3. The van der Waals surface area contributed by atoms with Crippen LogP contribution in [0.1, 0.15) is 60.7 Å². The van der Waals surface area contributed by atoms with Crippen LogP contribution in [-0.4, -0.2) is 45.3 Å². The lowest BCUT2D eigenvalue weighted by Gasteiger charge is -2.37. The fraction of sp³-hybridized carbons (Fsp3) is 0.364. The molecule has 2 amide bonds. The predicted molar refractivity (Wildman–Crippen MR) is 168 cm³/mol. The number of aromatic nitrogens is 2. The summed E-state index contributed by atoms with van der Waals surface area (Å²) in [6.07, 6.45) is 5.15. The van der Waals surface area contributed by atoms with Gasteiger partial charge in [0.15, 0.2) is 0 Å². The van der Waals surface area contributed by atoms with Crippen LogP contribution >= 0.6 is 0 Å². The molecule has 0 bridgehead atoms. The van der Waals surface area contributed by atoms with E-state index >= 15 is 0 Å². The number of piperidine rings is 1. The Hall–Kier alpha value is -4.27. The van der Waals surface area contributed by atoms with E-state index in [1.54, 1.807) is 0 Å². The Kier molecular flexibility index (Phi) is 14.2. The zero-order valence-corrected chi connectivity index (χ0v) is 24.9. The maximum atomic E-state index is 14.1. The molecule has 1 fully saturated rings. The third kappa shape index (κ3) is 9.98. The Bertz CT molecular complexity index is 1310. The molecule has 4 rings (SSSR count). The van der Waals surface area contributed by atoms with Crippen molar-refractivity contribution in [2.24, 2.45) is 0 Å². The number of aromatic amines is 1. The second-order valence-corrected chi connectivity index (χ2v) is 9.68. The van der Waals surface area contributed by atoms with Gasteiger partial charge in [0.05, 0.1) is 24.9 Å². The molecule has 1 aliphatic heterocycles. The minimum absolute atomic E-state index is 0. The number of H-pyrrole nitrogens is 1. The summed E-state index contributed by atoms with van der Waals surface area (Å²) in [6, 6.07) is 12.1. The Morgan fingerprint density at radius 2 is 1.86 bits per heavy atom. The SMILES string of the molecule is C=C.C=C(C[C@H](NC(=O)Cc1ccccc1)C(=O)NCc1ncc(-c2ccc(F)cc2F)[nH]1)N1CCCC[C@@H]1C.CC.[HH].[HH]. The summed E-state index contributed by atoms with van der Waals surface area (Å²) in [5.41, 5.74) is 2.20. The smallest absolute Gasteiger partial charge is 0.243 e. The Balaban J connectivity index is 0.00000296. The molecule has 0 radical (unpaired) electrons. The molecule has 9 heteroatoms. The van der Waals surface area contributed by atoms with Crippen molar-refractivity contribution < 1.29 is 21.2 Å². The molecule has 2 aromatic carbocycles. The topological polar surface area (TPSA) is 90.1 Å². The first kappa shape index (κ1) is 33.9. The van der Waals surface area contributed by atoms with Crippen LogP contribution in [0.2, 0.25) is 0 Å². The second-order valence-electron chi connectivity index (χ2n) is 9.68. The zero-order chi connectivity index (χ0) is 31.1. The normalized spacial score (nSPS) is 14.8. The van der Waals surface area contributed by atoms with E-state index in [0.717, 1.165) is 43.1 Å². The molecule has 3 aromatic rings. The van der Waals surface area contributed by atoms with Crippen LogP contribution in [0.3, 0.4) is 0 Å². The van der Waals surface area contributed by atoms with E-state index in [0.29, 0.717) is 17.6 Å². The van der Waals surface area contributed by atoms with E-state index in [4.69, 9.17) is 0 Å². The van der Waals surface area contributed by atoms with Gasteiger partial charge in [0, 0.05) is 39.2 Å². The van der Waals surface area contributed by atoms with Gasteiger partial charge in [-0.2, -0.15) is 0 Å². The van der Waals surface area contributed by atoms with E-state index in [9.17, 15) is 18.4 Å². The van der Waals surface area contributed by atoms with E-state index in [1.165, 1.54) is 18.3 Å². The van der Waals surface area contributed by atoms with Crippen LogP contribution in [0.25, 0.3) is 11.3 Å². The lowest BCUT2D eigenvalue weighted by Crippen LogP contribution is -2.49. The first-order valence-electron chi connectivity index (χ1n) is 14.3. The molecule has 230 valence electrons. The molecular formula is C33H47F2N5O2. The number of nitrogens with zero attached hydrogens (tertiary/aromatic N) is 2. The molecular weight excluding hydrogens is 536 g/mol. The summed E-state index contributed by atoms with van der Waals surface area (Å²) in [4.78, 5) is 35.4. The number of hydrogen-bond donors (Lipinski definition) is 3. The maximum Gasteiger partial charge on any atom is 0.243 e. The van der Waals surface area contributed by atoms with Gasteiger partial charge in [-0.15, -0.1) is 13.2 Å². The summed E-state index contributed by atoms with van der Waals surface area (Å²) in [7, 11) is 0. The van der Waals surface area contributed by atoms with E-state index < -0.39 is 17.7 Å². The van der Waals surface area contributed by atoms with Gasteiger partial charge < -0.3 is 20.5 Å². The number of halogens is 2. The van der Waals surface area contributed by atoms with Crippen LogP contribution in [0.5, 0.6) is 0 Å². The Labute approximate surface area is 251 Å². The van der Waals surface area contributed by atoms with E-state index in [1.807, 2.05) is 44.2 Å². The number of rotatable bonds is 10. The molecule has 42 heavy (non-hydrogen) atoms. The molecule has 1 aliphatic rings. The average molecular weight is 584 g/mol. The molecule has 2 atom stereocenters. The standard InChI is InChI=1S/C29H33F2N5O2.C2H6.C2H4.2H2/c1-19-8-6-7-13-36(19)20(2)14-25(35-28(37)15-21-9-4-3-5-10-21)29(38)33-18-27-32-17-26(34-27)23-12-11-22(30)16-24(23)31;2*1-2;;/h3-5,9-12,16-17,19,25H,2,6-8,13-15,18H2,1H3,(H,32,34)(H,33,38)(H,35,37);1-2H3;1-2H2;2*1H/t19-,25-;;;;/m0..../s1. The summed E-state index contributed by atoms with van der Waals surface area (Å²) >= 11 is 0. The van der Waals surface area contributed by atoms with Crippen LogP contribution in [-0.2, 0) is 22.6 Å². The van der Waals surface area contributed by atoms with Gasteiger partial charge in [-0.3, -0.25) is 9.59 Å².